The van der Waals surface area contributed by atoms with Gasteiger partial charge in [-0.05, 0) is 36.9 Å². The molecule has 1 aromatic carbocycles. The van der Waals surface area contributed by atoms with Crippen LogP contribution in [0.2, 0.25) is 0 Å². The lowest BCUT2D eigenvalue weighted by molar-refractivity contribution is 0.224. The summed E-state index contributed by atoms with van der Waals surface area (Å²) in [6, 6.07) is 6.46. The summed E-state index contributed by atoms with van der Waals surface area (Å²) in [5.41, 5.74) is 3.08. The van der Waals surface area contributed by atoms with Gasteiger partial charge in [0.25, 0.3) is 0 Å². The molecule has 0 radical (unpaired) electrons. The Morgan fingerprint density at radius 1 is 1.33 bits per heavy atom. The zero-order chi connectivity index (χ0) is 13.2. The second-order valence-corrected chi connectivity index (χ2v) is 6.57. The molecule has 1 unspecified atom stereocenters. The average Bonchev–Trinajstić information content (AvgIpc) is 2.65. The minimum Gasteiger partial charge on any atom is -0.488 e. The van der Waals surface area contributed by atoms with Gasteiger partial charge in [0.15, 0.2) is 0 Å². The van der Waals surface area contributed by atoms with Crippen molar-refractivity contribution < 1.29 is 4.74 Å². The van der Waals surface area contributed by atoms with Crippen molar-refractivity contribution in [3.63, 3.8) is 0 Å². The zero-order valence-electron chi connectivity index (χ0n) is 12.0. The lowest BCUT2D eigenvalue weighted by Gasteiger charge is -2.19. The third-order valence-corrected chi connectivity index (χ3v) is 3.38. The Bertz CT molecular complexity index is 406. The number of nitrogens with one attached hydrogen (secondary N) is 1. The summed E-state index contributed by atoms with van der Waals surface area (Å²) in [5, 5.41) is 3.51. The van der Waals surface area contributed by atoms with E-state index in [-0.39, 0.29) is 0 Å². The largest absolute Gasteiger partial charge is 0.488 e. The Labute approximate surface area is 111 Å². The molecule has 0 spiro atoms. The van der Waals surface area contributed by atoms with Crippen LogP contribution in [0.3, 0.4) is 0 Å². The minimum absolute atomic E-state index is 0.307. The van der Waals surface area contributed by atoms with Crippen LogP contribution >= 0.6 is 0 Å². The molecule has 18 heavy (non-hydrogen) atoms. The standard InChI is InChI=1S/C16H25NO/c1-12-5-6-15-13(9-12)10-14(18-15)11-17-8-7-16(2,3)4/h5-6,9,14,17H,7-8,10-11H2,1-4H3. The number of ether oxygens (including phenoxy) is 1. The van der Waals surface area contributed by atoms with Gasteiger partial charge in [-0.1, -0.05) is 38.5 Å². The molecule has 0 amide bonds. The van der Waals surface area contributed by atoms with Crippen molar-refractivity contribution in [2.45, 2.75) is 46.6 Å². The maximum atomic E-state index is 5.93. The topological polar surface area (TPSA) is 21.3 Å². The van der Waals surface area contributed by atoms with E-state index in [9.17, 15) is 0 Å². The predicted molar refractivity (Wildman–Crippen MR) is 76.2 cm³/mol. The van der Waals surface area contributed by atoms with Gasteiger partial charge in [0.05, 0.1) is 0 Å². The monoisotopic (exact) mass is 247 g/mol. The van der Waals surface area contributed by atoms with Crippen LogP contribution in [0.25, 0.3) is 0 Å². The minimum atomic E-state index is 0.307. The fourth-order valence-electron chi connectivity index (χ4n) is 2.29. The molecule has 1 aliphatic rings. The highest BCUT2D eigenvalue weighted by Gasteiger charge is 2.22. The second kappa shape index (κ2) is 5.31. The van der Waals surface area contributed by atoms with E-state index in [4.69, 9.17) is 4.74 Å². The van der Waals surface area contributed by atoms with Gasteiger partial charge in [-0.15, -0.1) is 0 Å². The summed E-state index contributed by atoms with van der Waals surface area (Å²) in [4.78, 5) is 0. The van der Waals surface area contributed by atoms with Crippen LogP contribution < -0.4 is 10.1 Å². The highest BCUT2D eigenvalue weighted by molar-refractivity contribution is 5.40. The van der Waals surface area contributed by atoms with Crippen LogP contribution in [0.1, 0.15) is 38.3 Å². The van der Waals surface area contributed by atoms with Crippen LogP contribution in [0.4, 0.5) is 0 Å². The molecular weight excluding hydrogens is 222 g/mol. The smallest absolute Gasteiger partial charge is 0.123 e. The number of aryl methyl sites for hydroxylation is 1. The molecule has 1 heterocycles. The van der Waals surface area contributed by atoms with E-state index in [1.807, 2.05) is 0 Å². The first-order valence-electron chi connectivity index (χ1n) is 6.91. The van der Waals surface area contributed by atoms with Crippen molar-refractivity contribution in [1.29, 1.82) is 0 Å². The van der Waals surface area contributed by atoms with Crippen LogP contribution in [0.15, 0.2) is 18.2 Å². The van der Waals surface area contributed by atoms with Crippen molar-refractivity contribution in [1.82, 2.24) is 5.32 Å². The molecule has 0 fully saturated rings. The van der Waals surface area contributed by atoms with Crippen LogP contribution in [0, 0.1) is 12.3 Å². The molecule has 1 aromatic rings. The van der Waals surface area contributed by atoms with Gasteiger partial charge >= 0.3 is 0 Å². The molecule has 2 nitrogen and oxygen atoms in total. The first-order valence-corrected chi connectivity index (χ1v) is 6.91. The molecule has 1 atom stereocenters. The quantitative estimate of drug-likeness (QED) is 0.824. The molecule has 0 bridgehead atoms. The van der Waals surface area contributed by atoms with Gasteiger partial charge in [0.1, 0.15) is 11.9 Å². The molecule has 0 aromatic heterocycles. The van der Waals surface area contributed by atoms with E-state index in [1.165, 1.54) is 17.5 Å². The number of hydrogen-bond donors (Lipinski definition) is 1. The Morgan fingerprint density at radius 2 is 2.11 bits per heavy atom. The van der Waals surface area contributed by atoms with Crippen molar-refractivity contribution >= 4 is 0 Å². The van der Waals surface area contributed by atoms with Crippen LogP contribution in [-0.4, -0.2) is 19.2 Å². The fraction of sp³-hybridized carbons (Fsp3) is 0.625. The normalized spacial score (nSPS) is 18.6. The highest BCUT2D eigenvalue weighted by atomic mass is 16.5. The summed E-state index contributed by atoms with van der Waals surface area (Å²) in [5.74, 6) is 1.07. The average molecular weight is 247 g/mol. The molecule has 2 rings (SSSR count). The highest BCUT2D eigenvalue weighted by Crippen LogP contribution is 2.29. The number of benzene rings is 1. The van der Waals surface area contributed by atoms with E-state index in [2.05, 4.69) is 51.2 Å². The van der Waals surface area contributed by atoms with Crippen molar-refractivity contribution in [3.05, 3.63) is 29.3 Å². The van der Waals surface area contributed by atoms with E-state index >= 15 is 0 Å². The van der Waals surface area contributed by atoms with E-state index in [1.54, 1.807) is 0 Å². The summed E-state index contributed by atoms with van der Waals surface area (Å²) in [6.07, 6.45) is 2.55. The second-order valence-electron chi connectivity index (χ2n) is 6.57. The third kappa shape index (κ3) is 3.74. The lowest BCUT2D eigenvalue weighted by Crippen LogP contribution is -2.32. The Hall–Kier alpha value is -1.02. The first-order chi connectivity index (χ1) is 8.44. The van der Waals surface area contributed by atoms with Gasteiger partial charge in [0, 0.05) is 13.0 Å². The summed E-state index contributed by atoms with van der Waals surface area (Å²) >= 11 is 0. The molecule has 100 valence electrons. The van der Waals surface area contributed by atoms with Crippen LogP contribution in [0.5, 0.6) is 5.75 Å². The predicted octanol–water partition coefficient (Wildman–Crippen LogP) is 3.32. The fourth-order valence-corrected chi connectivity index (χ4v) is 2.29. The number of fused-ring (bicyclic) bond motifs is 1. The first kappa shape index (κ1) is 13.4. The van der Waals surface area contributed by atoms with Gasteiger partial charge in [-0.3, -0.25) is 0 Å². The maximum Gasteiger partial charge on any atom is 0.123 e. The van der Waals surface area contributed by atoms with Crippen molar-refractivity contribution in [2.75, 3.05) is 13.1 Å². The van der Waals surface area contributed by atoms with Gasteiger partial charge in [-0.25, -0.2) is 0 Å². The van der Waals surface area contributed by atoms with E-state index in [0.29, 0.717) is 11.5 Å². The maximum absolute atomic E-state index is 5.93. The molecule has 0 saturated carbocycles. The Balaban J connectivity index is 1.75. The van der Waals surface area contributed by atoms with Crippen molar-refractivity contribution in [2.24, 2.45) is 5.41 Å². The Morgan fingerprint density at radius 3 is 2.83 bits per heavy atom. The van der Waals surface area contributed by atoms with Crippen molar-refractivity contribution in [3.8, 4) is 5.75 Å². The lowest BCUT2D eigenvalue weighted by atomic mass is 9.92. The number of hydrogen-bond acceptors (Lipinski definition) is 2. The zero-order valence-corrected chi connectivity index (χ0v) is 12.0. The number of rotatable bonds is 4. The molecule has 1 N–H and O–H groups in total. The summed E-state index contributed by atoms with van der Waals surface area (Å²) < 4.78 is 5.93. The molecule has 1 aliphatic heterocycles. The molecule has 0 aliphatic carbocycles. The van der Waals surface area contributed by atoms with E-state index < -0.39 is 0 Å². The molecule has 0 saturated heterocycles. The molecule has 2 heteroatoms. The Kier molecular flexibility index (Phi) is 3.96. The SMILES string of the molecule is Cc1ccc2c(c1)CC(CNCCC(C)(C)C)O2. The van der Waals surface area contributed by atoms with Gasteiger partial charge < -0.3 is 10.1 Å². The van der Waals surface area contributed by atoms with Gasteiger partial charge in [0.2, 0.25) is 0 Å². The van der Waals surface area contributed by atoms with Crippen LogP contribution in [-0.2, 0) is 6.42 Å². The van der Waals surface area contributed by atoms with E-state index in [0.717, 1.165) is 25.3 Å². The summed E-state index contributed by atoms with van der Waals surface area (Å²) in [7, 11) is 0. The van der Waals surface area contributed by atoms with Gasteiger partial charge in [-0.2, -0.15) is 0 Å². The third-order valence-electron chi connectivity index (χ3n) is 3.38. The molecular formula is C16H25NO. The summed E-state index contributed by atoms with van der Waals surface area (Å²) in [6.45, 7) is 11.0.